The summed E-state index contributed by atoms with van der Waals surface area (Å²) < 4.78 is 5.82. The molecular formula is C22H33N3O2. The van der Waals surface area contributed by atoms with Gasteiger partial charge >= 0.3 is 0 Å². The van der Waals surface area contributed by atoms with Crippen molar-refractivity contribution < 1.29 is 9.52 Å². The Morgan fingerprint density at radius 3 is 2.56 bits per heavy atom. The van der Waals surface area contributed by atoms with Gasteiger partial charge in [-0.1, -0.05) is 44.2 Å². The number of hydrogen-bond acceptors (Lipinski definition) is 5. The van der Waals surface area contributed by atoms with Gasteiger partial charge in [0.15, 0.2) is 0 Å². The molecule has 1 atom stereocenters. The average Bonchev–Trinajstić information content (AvgIpc) is 3.12. The number of β-amino-alcohol motifs (C(OH)–C–C–N with tert-alkyl or cyclic N) is 1. The second-order valence-electron chi connectivity index (χ2n) is 8.18. The molecule has 5 nitrogen and oxygen atoms in total. The van der Waals surface area contributed by atoms with Crippen LogP contribution in [0.2, 0.25) is 0 Å². The molecule has 27 heavy (non-hydrogen) atoms. The predicted molar refractivity (Wildman–Crippen MR) is 107 cm³/mol. The van der Waals surface area contributed by atoms with Crippen LogP contribution < -0.4 is 0 Å². The molecule has 0 radical (unpaired) electrons. The monoisotopic (exact) mass is 371 g/mol. The minimum Gasteiger partial charge on any atom is -0.444 e. The molecular weight excluding hydrogens is 338 g/mol. The van der Waals surface area contributed by atoms with E-state index in [-0.39, 0.29) is 0 Å². The SMILES string of the molecule is CC(C)c1cnc(CN(C)CC2CCN(CC(O)c3ccccc3)CC2)o1. The molecule has 1 fully saturated rings. The second kappa shape index (κ2) is 9.49. The van der Waals surface area contributed by atoms with Gasteiger partial charge in [-0.05, 0) is 44.5 Å². The van der Waals surface area contributed by atoms with Crippen LogP contribution in [0, 0.1) is 5.92 Å². The normalized spacial score (nSPS) is 17.7. The maximum Gasteiger partial charge on any atom is 0.208 e. The molecule has 1 saturated heterocycles. The van der Waals surface area contributed by atoms with Crippen LogP contribution in [0.3, 0.4) is 0 Å². The number of piperidine rings is 1. The van der Waals surface area contributed by atoms with Gasteiger partial charge < -0.3 is 14.4 Å². The van der Waals surface area contributed by atoms with Crippen molar-refractivity contribution in [1.29, 1.82) is 0 Å². The van der Waals surface area contributed by atoms with Crippen molar-refractivity contribution in [3.05, 3.63) is 53.7 Å². The van der Waals surface area contributed by atoms with Crippen molar-refractivity contribution in [2.24, 2.45) is 5.92 Å². The van der Waals surface area contributed by atoms with Gasteiger partial charge in [0, 0.05) is 19.0 Å². The minimum absolute atomic E-state index is 0.382. The van der Waals surface area contributed by atoms with E-state index in [0.717, 1.165) is 49.9 Å². The highest BCUT2D eigenvalue weighted by atomic mass is 16.4. The highest BCUT2D eigenvalue weighted by Gasteiger charge is 2.23. The number of oxazole rings is 1. The zero-order valence-electron chi connectivity index (χ0n) is 16.8. The van der Waals surface area contributed by atoms with E-state index in [1.807, 2.05) is 36.5 Å². The highest BCUT2D eigenvalue weighted by molar-refractivity contribution is 5.17. The Morgan fingerprint density at radius 1 is 1.22 bits per heavy atom. The van der Waals surface area contributed by atoms with Gasteiger partial charge in [-0.2, -0.15) is 0 Å². The molecule has 0 bridgehead atoms. The lowest BCUT2D eigenvalue weighted by Gasteiger charge is -2.34. The van der Waals surface area contributed by atoms with Crippen molar-refractivity contribution in [3.63, 3.8) is 0 Å². The van der Waals surface area contributed by atoms with Gasteiger partial charge in [-0.3, -0.25) is 4.90 Å². The molecule has 0 spiro atoms. The summed E-state index contributed by atoms with van der Waals surface area (Å²) >= 11 is 0. The van der Waals surface area contributed by atoms with Crippen LogP contribution in [0.15, 0.2) is 40.9 Å². The largest absolute Gasteiger partial charge is 0.444 e. The molecule has 1 aromatic heterocycles. The molecule has 0 saturated carbocycles. The third kappa shape index (κ3) is 5.89. The van der Waals surface area contributed by atoms with Crippen molar-refractivity contribution in [1.82, 2.24) is 14.8 Å². The third-order valence-electron chi connectivity index (χ3n) is 5.44. The zero-order valence-corrected chi connectivity index (χ0v) is 16.8. The number of nitrogens with zero attached hydrogens (tertiary/aromatic N) is 3. The van der Waals surface area contributed by atoms with Gasteiger partial charge in [0.1, 0.15) is 5.76 Å². The van der Waals surface area contributed by atoms with E-state index in [1.165, 1.54) is 12.8 Å². The van der Waals surface area contributed by atoms with E-state index in [4.69, 9.17) is 4.42 Å². The Hall–Kier alpha value is -1.69. The number of hydrogen-bond donors (Lipinski definition) is 1. The Balaban J connectivity index is 1.39. The Bertz CT molecular complexity index is 678. The number of aliphatic hydroxyl groups excluding tert-OH is 1. The van der Waals surface area contributed by atoms with Crippen molar-refractivity contribution >= 4 is 0 Å². The molecule has 148 valence electrons. The molecule has 5 heteroatoms. The summed E-state index contributed by atoms with van der Waals surface area (Å²) in [5.74, 6) is 2.85. The van der Waals surface area contributed by atoms with Crippen molar-refractivity contribution in [3.8, 4) is 0 Å². The van der Waals surface area contributed by atoms with Crippen LogP contribution >= 0.6 is 0 Å². The van der Waals surface area contributed by atoms with Crippen molar-refractivity contribution in [2.45, 2.75) is 45.3 Å². The highest BCUT2D eigenvalue weighted by Crippen LogP contribution is 2.22. The molecule has 1 N–H and O–H groups in total. The first-order chi connectivity index (χ1) is 13.0. The quantitative estimate of drug-likeness (QED) is 0.767. The fraction of sp³-hybridized carbons (Fsp3) is 0.591. The number of aliphatic hydroxyl groups is 1. The van der Waals surface area contributed by atoms with Gasteiger partial charge in [-0.25, -0.2) is 4.98 Å². The molecule has 3 rings (SSSR count). The summed E-state index contributed by atoms with van der Waals surface area (Å²) in [5.41, 5.74) is 1.01. The van der Waals surface area contributed by atoms with Crippen LogP contribution in [0.1, 0.15) is 55.9 Å². The summed E-state index contributed by atoms with van der Waals surface area (Å²) in [5, 5.41) is 10.4. The molecule has 1 unspecified atom stereocenters. The zero-order chi connectivity index (χ0) is 19.2. The Kier molecular flexibility index (Phi) is 7.05. The van der Waals surface area contributed by atoms with Gasteiger partial charge in [0.25, 0.3) is 0 Å². The topological polar surface area (TPSA) is 52.7 Å². The minimum atomic E-state index is -0.398. The molecule has 1 aliphatic heterocycles. The number of aromatic nitrogens is 1. The van der Waals surface area contributed by atoms with Crippen molar-refractivity contribution in [2.75, 3.05) is 33.2 Å². The first kappa shape index (κ1) is 20.1. The summed E-state index contributed by atoms with van der Waals surface area (Å²) in [6, 6.07) is 9.96. The Morgan fingerprint density at radius 2 is 1.93 bits per heavy atom. The van der Waals surface area contributed by atoms with E-state index < -0.39 is 6.10 Å². The summed E-state index contributed by atoms with van der Waals surface area (Å²) in [6.07, 6.45) is 3.80. The maximum absolute atomic E-state index is 10.4. The average molecular weight is 372 g/mol. The molecule has 2 heterocycles. The molecule has 0 amide bonds. The number of benzene rings is 1. The van der Waals surface area contributed by atoms with E-state index >= 15 is 0 Å². The van der Waals surface area contributed by atoms with Crippen LogP contribution in [0.4, 0.5) is 0 Å². The van der Waals surface area contributed by atoms with Crippen LogP contribution in [-0.2, 0) is 6.54 Å². The number of likely N-dealkylation sites (tertiary alicyclic amines) is 1. The van der Waals surface area contributed by atoms with E-state index in [2.05, 4.69) is 35.7 Å². The summed E-state index contributed by atoms with van der Waals surface area (Å²) in [6.45, 7) is 8.90. The summed E-state index contributed by atoms with van der Waals surface area (Å²) in [7, 11) is 2.14. The first-order valence-electron chi connectivity index (χ1n) is 10.1. The van der Waals surface area contributed by atoms with Gasteiger partial charge in [0.2, 0.25) is 5.89 Å². The predicted octanol–water partition coefficient (Wildman–Crippen LogP) is 3.68. The lowest BCUT2D eigenvalue weighted by molar-refractivity contribution is 0.0818. The first-order valence-corrected chi connectivity index (χ1v) is 10.1. The van der Waals surface area contributed by atoms with Gasteiger partial charge in [0.05, 0.1) is 18.8 Å². The number of rotatable bonds is 8. The van der Waals surface area contributed by atoms with E-state index in [9.17, 15) is 5.11 Å². The fourth-order valence-corrected chi connectivity index (χ4v) is 3.78. The summed E-state index contributed by atoms with van der Waals surface area (Å²) in [4.78, 5) is 9.10. The maximum atomic E-state index is 10.4. The Labute approximate surface area is 163 Å². The third-order valence-corrected chi connectivity index (χ3v) is 5.44. The molecule has 1 aliphatic rings. The van der Waals surface area contributed by atoms with Gasteiger partial charge in [-0.15, -0.1) is 0 Å². The van der Waals surface area contributed by atoms with Crippen LogP contribution in [0.5, 0.6) is 0 Å². The van der Waals surface area contributed by atoms with Crippen LogP contribution in [0.25, 0.3) is 0 Å². The molecule has 2 aromatic rings. The fourth-order valence-electron chi connectivity index (χ4n) is 3.78. The smallest absolute Gasteiger partial charge is 0.208 e. The molecule has 0 aliphatic carbocycles. The molecule has 1 aromatic carbocycles. The standard InChI is InChI=1S/C22H33N3O2/c1-17(2)21-13-23-22(27-21)16-24(3)14-18-9-11-25(12-10-18)15-20(26)19-7-5-4-6-8-19/h4-8,13,17-18,20,26H,9-12,14-16H2,1-3H3. The van der Waals surface area contributed by atoms with E-state index in [1.54, 1.807) is 0 Å². The second-order valence-corrected chi connectivity index (χ2v) is 8.18. The lowest BCUT2D eigenvalue weighted by Crippen LogP contribution is -2.39. The van der Waals surface area contributed by atoms with Crippen LogP contribution in [-0.4, -0.2) is 53.1 Å². The lowest BCUT2D eigenvalue weighted by atomic mass is 9.95. The van der Waals surface area contributed by atoms with E-state index in [0.29, 0.717) is 11.8 Å².